The number of carboxylic acid groups (broad SMARTS) is 1. The monoisotopic (exact) mass is 599 g/mol. The number of aliphatic carboxylic acids is 1. The number of ether oxygens (including phenoxy) is 1. The van der Waals surface area contributed by atoms with Gasteiger partial charge in [-0.2, -0.15) is 26.3 Å². The average molecular weight is 600 g/mol. The van der Waals surface area contributed by atoms with Gasteiger partial charge in [-0.25, -0.2) is 14.0 Å². The molecular formula is C25H21F4N3O8S. The number of nitrogens with zero attached hydrogens (tertiary/aromatic N) is 2. The lowest BCUT2D eigenvalue weighted by atomic mass is 10.2. The van der Waals surface area contributed by atoms with Crippen molar-refractivity contribution in [2.24, 2.45) is 0 Å². The van der Waals surface area contributed by atoms with Crippen LogP contribution in [0.25, 0.3) is 5.69 Å². The third kappa shape index (κ3) is 9.38. The largest absolute Gasteiger partial charge is 0.490 e. The summed E-state index contributed by atoms with van der Waals surface area (Å²) in [6.45, 7) is 0.434. The van der Waals surface area contributed by atoms with E-state index >= 15 is 0 Å². The fourth-order valence-electron chi connectivity index (χ4n) is 3.08. The van der Waals surface area contributed by atoms with Gasteiger partial charge in [-0.05, 0) is 53.6 Å². The summed E-state index contributed by atoms with van der Waals surface area (Å²) in [5.41, 5.74) is 2.52. The Balaban J connectivity index is 0.000000587. The second kappa shape index (κ2) is 13.0. The van der Waals surface area contributed by atoms with Gasteiger partial charge in [0.1, 0.15) is 17.3 Å². The highest BCUT2D eigenvalue weighted by atomic mass is 32.2. The van der Waals surface area contributed by atoms with E-state index in [4.69, 9.17) is 23.2 Å². The molecule has 0 atom stereocenters. The maximum absolute atomic E-state index is 13.0. The van der Waals surface area contributed by atoms with Gasteiger partial charge in [-0.3, -0.25) is 0 Å². The van der Waals surface area contributed by atoms with Crippen LogP contribution in [0.4, 0.5) is 23.2 Å². The number of nitrogens with one attached hydrogen (secondary N) is 1. The molecule has 11 nitrogen and oxygen atoms in total. The Labute approximate surface area is 229 Å². The van der Waals surface area contributed by atoms with Crippen molar-refractivity contribution in [2.45, 2.75) is 18.5 Å². The average Bonchev–Trinajstić information content (AvgIpc) is 3.30. The van der Waals surface area contributed by atoms with E-state index in [9.17, 15) is 30.8 Å². The minimum Gasteiger partial charge on any atom is -0.475 e. The molecule has 0 amide bonds. The molecule has 16 heteroatoms. The molecule has 0 radical (unpaired) electrons. The first-order valence-corrected chi connectivity index (χ1v) is 12.9. The smallest absolute Gasteiger partial charge is 0.475 e. The number of hydrogen-bond acceptors (Lipinski definition) is 9. The van der Waals surface area contributed by atoms with Crippen molar-refractivity contribution in [3.8, 4) is 17.5 Å². The standard InChI is InChI=1S/C23H20FN3O6S.C2HF3O2/c1-31-22-26-27(23(28)32-22)20-4-2-3-19(13-20)25-14-16-7-11-21(12-8-16)33-34(29,30)15-17-5-9-18(24)10-6-17;3-2(4,5)1(6)7/h2-13,25H,14-15H2,1H3;(H,6,7). The highest BCUT2D eigenvalue weighted by Gasteiger charge is 2.38. The van der Waals surface area contributed by atoms with Crippen molar-refractivity contribution in [2.75, 3.05) is 12.4 Å². The van der Waals surface area contributed by atoms with Crippen LogP contribution in [0.3, 0.4) is 0 Å². The first-order chi connectivity index (χ1) is 19.3. The molecule has 4 aromatic rings. The van der Waals surface area contributed by atoms with Crippen LogP contribution in [0.5, 0.6) is 11.8 Å². The topological polar surface area (TPSA) is 150 Å². The Morgan fingerprint density at radius 2 is 1.66 bits per heavy atom. The van der Waals surface area contributed by atoms with Gasteiger partial charge in [0, 0.05) is 12.2 Å². The first kappa shape index (κ1) is 30.7. The Bertz CT molecular complexity index is 1640. The summed E-state index contributed by atoms with van der Waals surface area (Å²) in [5, 5.41) is 14.3. The van der Waals surface area contributed by atoms with Crippen LogP contribution in [-0.4, -0.2) is 42.6 Å². The van der Waals surface area contributed by atoms with E-state index in [1.165, 1.54) is 31.4 Å². The van der Waals surface area contributed by atoms with Crippen molar-refractivity contribution in [1.82, 2.24) is 9.78 Å². The number of carbonyl (C=O) groups is 1. The summed E-state index contributed by atoms with van der Waals surface area (Å²) in [5.74, 6) is -4.06. The SMILES string of the molecule is COc1nn(-c2cccc(NCc3ccc(OS(=O)(=O)Cc4ccc(F)cc4)cc3)c2)c(=O)o1.O=C(O)C(F)(F)F. The molecule has 218 valence electrons. The summed E-state index contributed by atoms with van der Waals surface area (Å²) in [4.78, 5) is 20.8. The summed E-state index contributed by atoms with van der Waals surface area (Å²) in [6.07, 6.45) is -5.22. The second-order valence-corrected chi connectivity index (χ2v) is 9.58. The number of alkyl halides is 3. The van der Waals surface area contributed by atoms with Gasteiger partial charge in [-0.15, -0.1) is 0 Å². The second-order valence-electron chi connectivity index (χ2n) is 8.01. The van der Waals surface area contributed by atoms with Gasteiger partial charge in [-0.1, -0.05) is 35.4 Å². The van der Waals surface area contributed by atoms with Crippen LogP contribution in [-0.2, 0) is 27.2 Å². The van der Waals surface area contributed by atoms with Gasteiger partial charge < -0.3 is 23.8 Å². The minimum absolute atomic E-state index is 0.134. The Morgan fingerprint density at radius 3 is 2.22 bits per heavy atom. The van der Waals surface area contributed by atoms with Gasteiger partial charge in [0.15, 0.2) is 0 Å². The summed E-state index contributed by atoms with van der Waals surface area (Å²) >= 11 is 0. The van der Waals surface area contributed by atoms with Crippen molar-refractivity contribution < 1.29 is 49.2 Å². The van der Waals surface area contributed by atoms with E-state index < -0.39 is 33.8 Å². The van der Waals surface area contributed by atoms with Crippen molar-refractivity contribution in [3.63, 3.8) is 0 Å². The Hall–Kier alpha value is -4.86. The lowest BCUT2D eigenvalue weighted by Crippen LogP contribution is -2.21. The highest BCUT2D eigenvalue weighted by Crippen LogP contribution is 2.19. The molecule has 3 aromatic carbocycles. The molecule has 1 aromatic heterocycles. The van der Waals surface area contributed by atoms with Gasteiger partial charge in [0.05, 0.1) is 12.8 Å². The molecule has 0 spiro atoms. The van der Waals surface area contributed by atoms with Gasteiger partial charge >= 0.3 is 34.1 Å². The van der Waals surface area contributed by atoms with Crippen molar-refractivity contribution in [1.29, 1.82) is 0 Å². The van der Waals surface area contributed by atoms with E-state index in [1.54, 1.807) is 42.5 Å². The van der Waals surface area contributed by atoms with Crippen LogP contribution in [0.15, 0.2) is 82.0 Å². The van der Waals surface area contributed by atoms with E-state index in [1.807, 2.05) is 6.07 Å². The number of methoxy groups -OCH3 is 1. The molecule has 0 saturated heterocycles. The van der Waals surface area contributed by atoms with Crippen LogP contribution in [0, 0.1) is 5.82 Å². The predicted octanol–water partition coefficient (Wildman–Crippen LogP) is 4.13. The molecule has 0 fully saturated rings. The molecule has 41 heavy (non-hydrogen) atoms. The molecule has 0 aliphatic rings. The number of benzene rings is 3. The van der Waals surface area contributed by atoms with Crippen LogP contribution in [0.1, 0.15) is 11.1 Å². The number of anilines is 1. The Kier molecular flexibility index (Phi) is 9.72. The van der Waals surface area contributed by atoms with Crippen LogP contribution >= 0.6 is 0 Å². The molecule has 2 N–H and O–H groups in total. The van der Waals surface area contributed by atoms with Crippen LogP contribution < -0.4 is 20.0 Å². The van der Waals surface area contributed by atoms with E-state index in [-0.39, 0.29) is 17.6 Å². The molecule has 0 aliphatic heterocycles. The maximum atomic E-state index is 13.0. The quantitative estimate of drug-likeness (QED) is 0.212. The zero-order valence-electron chi connectivity index (χ0n) is 21.0. The Morgan fingerprint density at radius 1 is 1.05 bits per heavy atom. The fourth-order valence-corrected chi connectivity index (χ4v) is 4.15. The molecule has 0 unspecified atom stereocenters. The van der Waals surface area contributed by atoms with E-state index in [0.29, 0.717) is 17.8 Å². The molecular weight excluding hydrogens is 578 g/mol. The third-order valence-electron chi connectivity index (χ3n) is 4.94. The summed E-state index contributed by atoms with van der Waals surface area (Å²) in [7, 11) is -2.54. The minimum atomic E-state index is -5.08. The normalized spacial score (nSPS) is 11.2. The molecule has 0 aliphatic carbocycles. The fraction of sp³-hybridized carbons (Fsp3) is 0.160. The summed E-state index contributed by atoms with van der Waals surface area (Å²) in [6, 6.07) is 18.8. The number of rotatable bonds is 9. The molecule has 0 saturated carbocycles. The number of carboxylic acids is 1. The van der Waals surface area contributed by atoms with Gasteiger partial charge in [0.2, 0.25) is 0 Å². The molecule has 4 rings (SSSR count). The number of halogens is 4. The lowest BCUT2D eigenvalue weighted by molar-refractivity contribution is -0.192. The first-order valence-electron chi connectivity index (χ1n) is 11.3. The predicted molar refractivity (Wildman–Crippen MR) is 136 cm³/mol. The van der Waals surface area contributed by atoms with E-state index in [0.717, 1.165) is 15.9 Å². The zero-order valence-corrected chi connectivity index (χ0v) is 21.8. The number of hydrogen-bond donors (Lipinski definition) is 2. The third-order valence-corrected chi connectivity index (χ3v) is 6.07. The van der Waals surface area contributed by atoms with E-state index in [2.05, 4.69) is 10.4 Å². The van der Waals surface area contributed by atoms with Crippen molar-refractivity contribution >= 4 is 21.8 Å². The van der Waals surface area contributed by atoms with Crippen LogP contribution in [0.2, 0.25) is 0 Å². The molecule has 0 bridgehead atoms. The zero-order chi connectivity index (χ0) is 30.2. The van der Waals surface area contributed by atoms with Gasteiger partial charge in [0.25, 0.3) is 0 Å². The van der Waals surface area contributed by atoms with Crippen molar-refractivity contribution in [3.05, 3.63) is 100 Å². The highest BCUT2D eigenvalue weighted by molar-refractivity contribution is 7.86. The summed E-state index contributed by atoms with van der Waals surface area (Å²) < 4.78 is 85.2. The number of aromatic nitrogens is 2. The maximum Gasteiger partial charge on any atom is 0.490 e. The molecule has 1 heterocycles. The lowest BCUT2D eigenvalue weighted by Gasteiger charge is -2.10.